The van der Waals surface area contributed by atoms with Crippen molar-refractivity contribution in [2.24, 2.45) is 5.11 Å². The molecule has 0 spiro atoms. The molecule has 0 aliphatic carbocycles. The summed E-state index contributed by atoms with van der Waals surface area (Å²) in [7, 11) is 0. The van der Waals surface area contributed by atoms with Crippen LogP contribution in [0, 0.1) is 0 Å². The van der Waals surface area contributed by atoms with Gasteiger partial charge in [-0.05, 0) is 12.1 Å². The molecular weight excluding hydrogens is 216 g/mol. The molecule has 1 aliphatic heterocycles. The lowest BCUT2D eigenvalue weighted by atomic mass is 10.3. The number of nitrogens with zero attached hydrogens (tertiary/aromatic N) is 2. The molecule has 3 rings (SSSR count). The van der Waals surface area contributed by atoms with Crippen LogP contribution in [0.1, 0.15) is 0 Å². The Morgan fingerprint density at radius 1 is 0.938 bits per heavy atom. The maximum absolute atomic E-state index is 4.63. The Morgan fingerprint density at radius 3 is 2.56 bits per heavy atom. The molecule has 0 amide bonds. The Bertz CT molecular complexity index is 535. The van der Waals surface area contributed by atoms with Gasteiger partial charge in [-0.3, -0.25) is 0 Å². The summed E-state index contributed by atoms with van der Waals surface area (Å²) in [5, 5.41) is 4.63. The molecule has 0 saturated heterocycles. The molecule has 0 aromatic heterocycles. The van der Waals surface area contributed by atoms with Gasteiger partial charge in [-0.1, -0.05) is 46.8 Å². The summed E-state index contributed by atoms with van der Waals surface area (Å²) in [5.41, 5.74) is 2.20. The molecule has 0 N–H and O–H groups in total. The molecule has 78 valence electrons. The first-order valence-electron chi connectivity index (χ1n) is 5.19. The first-order valence-corrected chi connectivity index (χ1v) is 6.18. The first-order chi connectivity index (χ1) is 7.93. The molecule has 2 nitrogen and oxygen atoms in total. The number of thioether (sulfide) groups is 1. The lowest BCUT2D eigenvalue weighted by molar-refractivity contribution is -0.488. The Balaban J connectivity index is 2.04. The van der Waals surface area contributed by atoms with E-state index in [0.29, 0.717) is 0 Å². The third-order valence-corrected chi connectivity index (χ3v) is 3.52. The Morgan fingerprint density at radius 2 is 1.69 bits per heavy atom. The van der Waals surface area contributed by atoms with E-state index in [1.54, 1.807) is 0 Å². The second-order valence-electron chi connectivity index (χ2n) is 3.58. The molecule has 0 bridgehead atoms. The summed E-state index contributed by atoms with van der Waals surface area (Å²) >= 11 is 1.82. The quantitative estimate of drug-likeness (QED) is 0.667. The van der Waals surface area contributed by atoms with Crippen molar-refractivity contribution in [1.29, 1.82) is 0 Å². The van der Waals surface area contributed by atoms with Crippen LogP contribution in [0.15, 0.2) is 64.6 Å². The van der Waals surface area contributed by atoms with E-state index in [9.17, 15) is 0 Å². The van der Waals surface area contributed by atoms with Gasteiger partial charge in [0.25, 0.3) is 0 Å². The van der Waals surface area contributed by atoms with Gasteiger partial charge in [0.05, 0.1) is 0 Å². The number of benzene rings is 2. The normalized spacial score (nSPS) is 14.1. The monoisotopic (exact) mass is 227 g/mol. The van der Waals surface area contributed by atoms with Crippen LogP contribution in [-0.2, 0) is 0 Å². The number of hydrogen-bond donors (Lipinski definition) is 0. The third kappa shape index (κ3) is 1.74. The lowest BCUT2D eigenvalue weighted by Crippen LogP contribution is -2.04. The predicted molar refractivity (Wildman–Crippen MR) is 65.6 cm³/mol. The van der Waals surface area contributed by atoms with E-state index in [1.807, 2.05) is 40.7 Å². The molecule has 0 atom stereocenters. The van der Waals surface area contributed by atoms with Crippen molar-refractivity contribution in [3.05, 3.63) is 54.6 Å². The van der Waals surface area contributed by atoms with Gasteiger partial charge in [-0.25, -0.2) is 0 Å². The lowest BCUT2D eigenvalue weighted by Gasteiger charge is -2.08. The summed E-state index contributed by atoms with van der Waals surface area (Å²) < 4.78 is 2.03. The van der Waals surface area contributed by atoms with Crippen LogP contribution >= 0.6 is 11.8 Å². The zero-order chi connectivity index (χ0) is 10.8. The Kier molecular flexibility index (Phi) is 2.46. The van der Waals surface area contributed by atoms with Crippen molar-refractivity contribution in [2.45, 2.75) is 4.90 Å². The second kappa shape index (κ2) is 4.10. The number of rotatable bonds is 1. The van der Waals surface area contributed by atoms with Crippen LogP contribution in [0.3, 0.4) is 0 Å². The Labute approximate surface area is 98.6 Å². The Hall–Kier alpha value is -1.61. The topological polar surface area (TPSA) is 15.4 Å². The first kappa shape index (κ1) is 9.60. The molecule has 16 heavy (non-hydrogen) atoms. The largest absolute Gasteiger partial charge is 0.232 e. The van der Waals surface area contributed by atoms with Gasteiger partial charge >= 0.3 is 0 Å². The maximum atomic E-state index is 4.63. The molecule has 0 fully saturated rings. The van der Waals surface area contributed by atoms with Crippen molar-refractivity contribution < 1.29 is 4.70 Å². The zero-order valence-electron chi connectivity index (χ0n) is 8.71. The zero-order valence-corrected chi connectivity index (χ0v) is 9.52. The van der Waals surface area contributed by atoms with Crippen LogP contribution < -0.4 is 0 Å². The fourth-order valence-corrected chi connectivity index (χ4v) is 2.58. The van der Waals surface area contributed by atoms with Crippen LogP contribution in [0.5, 0.6) is 0 Å². The van der Waals surface area contributed by atoms with Gasteiger partial charge in [0.1, 0.15) is 5.69 Å². The SMILES string of the molecule is c1ccc([N+]2=Nc3ccccc3SC2)cc1. The van der Waals surface area contributed by atoms with E-state index in [2.05, 4.69) is 35.4 Å². The van der Waals surface area contributed by atoms with Crippen LogP contribution in [0.4, 0.5) is 11.4 Å². The highest BCUT2D eigenvalue weighted by molar-refractivity contribution is 7.99. The molecule has 0 saturated carbocycles. The van der Waals surface area contributed by atoms with Crippen LogP contribution in [0.25, 0.3) is 0 Å². The summed E-state index contributed by atoms with van der Waals surface area (Å²) in [6.45, 7) is 0. The average molecular weight is 227 g/mol. The molecule has 3 heteroatoms. The number of hydrogen-bond acceptors (Lipinski definition) is 2. The number of fused-ring (bicyclic) bond motifs is 1. The summed E-state index contributed by atoms with van der Waals surface area (Å²) in [6, 6.07) is 18.5. The standard InChI is InChI=1S/C13H11N2S/c1-2-6-11(7-3-1)15-10-16-13-9-5-4-8-12(13)14-15/h1-9H,10H2/q+1. The summed E-state index contributed by atoms with van der Waals surface area (Å²) in [5.74, 6) is 0.876. The van der Waals surface area contributed by atoms with Crippen LogP contribution in [-0.4, -0.2) is 10.6 Å². The molecule has 0 unspecified atom stereocenters. The average Bonchev–Trinajstić information content (AvgIpc) is 2.39. The third-order valence-electron chi connectivity index (χ3n) is 2.49. The highest BCUT2D eigenvalue weighted by Gasteiger charge is 2.19. The smallest absolute Gasteiger partial charge is 0.0737 e. The van der Waals surface area contributed by atoms with Gasteiger partial charge < -0.3 is 0 Å². The molecule has 2 aromatic rings. The minimum Gasteiger partial charge on any atom is -0.0737 e. The number of para-hydroxylation sites is 1. The fraction of sp³-hybridized carbons (Fsp3) is 0.0769. The number of azo groups is 2. The van der Waals surface area contributed by atoms with Crippen LogP contribution in [0.2, 0.25) is 0 Å². The van der Waals surface area contributed by atoms with E-state index in [0.717, 1.165) is 17.3 Å². The van der Waals surface area contributed by atoms with E-state index < -0.39 is 0 Å². The predicted octanol–water partition coefficient (Wildman–Crippen LogP) is 4.18. The van der Waals surface area contributed by atoms with Gasteiger partial charge in [0.2, 0.25) is 11.6 Å². The summed E-state index contributed by atoms with van der Waals surface area (Å²) in [4.78, 5) is 1.26. The molecule has 2 aromatic carbocycles. The minimum absolute atomic E-state index is 0.876. The molecule has 1 aliphatic rings. The fourth-order valence-electron chi connectivity index (χ4n) is 1.68. The highest BCUT2D eigenvalue weighted by Crippen LogP contribution is 2.35. The van der Waals surface area contributed by atoms with Gasteiger partial charge in [0, 0.05) is 22.1 Å². The van der Waals surface area contributed by atoms with Crippen molar-refractivity contribution in [2.75, 3.05) is 5.88 Å². The van der Waals surface area contributed by atoms with Crippen molar-refractivity contribution in [3.63, 3.8) is 0 Å². The van der Waals surface area contributed by atoms with Crippen molar-refractivity contribution in [1.82, 2.24) is 0 Å². The summed E-state index contributed by atoms with van der Waals surface area (Å²) in [6.07, 6.45) is 0. The minimum atomic E-state index is 0.876. The van der Waals surface area contributed by atoms with Gasteiger partial charge in [0.15, 0.2) is 0 Å². The highest BCUT2D eigenvalue weighted by atomic mass is 32.2. The van der Waals surface area contributed by atoms with E-state index in [-0.39, 0.29) is 0 Å². The van der Waals surface area contributed by atoms with E-state index in [1.165, 1.54) is 4.90 Å². The molecular formula is C13H11N2S+. The van der Waals surface area contributed by atoms with Crippen molar-refractivity contribution in [3.8, 4) is 0 Å². The van der Waals surface area contributed by atoms with Gasteiger partial charge in [-0.15, -0.1) is 0 Å². The van der Waals surface area contributed by atoms with Crippen molar-refractivity contribution >= 4 is 23.1 Å². The van der Waals surface area contributed by atoms with E-state index in [4.69, 9.17) is 0 Å². The molecule has 1 heterocycles. The maximum Gasteiger partial charge on any atom is 0.232 e. The second-order valence-corrected chi connectivity index (χ2v) is 4.56. The molecule has 0 radical (unpaired) electrons. The van der Waals surface area contributed by atoms with Gasteiger partial charge in [-0.2, -0.15) is 0 Å². The van der Waals surface area contributed by atoms with E-state index >= 15 is 0 Å².